The topological polar surface area (TPSA) is 39.7 Å². The third-order valence-corrected chi connectivity index (χ3v) is 4.75. The van der Waals surface area contributed by atoms with Crippen LogP contribution >= 0.6 is 0 Å². The lowest BCUT2D eigenvalue weighted by Gasteiger charge is -2.18. The average Bonchev–Trinajstić information content (AvgIpc) is 2.38. The summed E-state index contributed by atoms with van der Waals surface area (Å²) < 4.78 is 14.8. The second-order valence-electron chi connectivity index (χ2n) is 3.93. The van der Waals surface area contributed by atoms with Crippen LogP contribution in [0.15, 0.2) is 0 Å². The average molecular weight is 265 g/mol. The maximum atomic E-state index is 4.93. The lowest BCUT2D eigenvalue weighted by Crippen LogP contribution is -2.38. The second-order valence-corrected chi connectivity index (χ2v) is 6.88. The minimum absolute atomic E-state index is 1.20. The van der Waals surface area contributed by atoms with Crippen LogP contribution in [0.2, 0.25) is 6.55 Å². The number of hydrogen-bond acceptors (Lipinski definition) is 4. The summed E-state index contributed by atoms with van der Waals surface area (Å²) in [6.45, 7) is 8.68. The molecular formula is C12H31NO3Si. The van der Waals surface area contributed by atoms with E-state index < -0.39 is 8.80 Å². The lowest BCUT2D eigenvalue weighted by molar-refractivity contribution is 0.132. The first-order valence-electron chi connectivity index (χ1n) is 6.46. The van der Waals surface area contributed by atoms with Crippen LogP contribution < -0.4 is 5.32 Å². The molecule has 0 radical (unpaired) electrons. The van der Waals surface area contributed by atoms with Gasteiger partial charge in [-0.25, -0.2) is 0 Å². The van der Waals surface area contributed by atoms with Gasteiger partial charge in [-0.15, -0.1) is 0 Å². The van der Waals surface area contributed by atoms with Gasteiger partial charge in [-0.05, 0) is 25.9 Å². The predicted molar refractivity (Wildman–Crippen MR) is 75.3 cm³/mol. The molecule has 4 nitrogen and oxygen atoms in total. The highest BCUT2D eigenvalue weighted by atomic mass is 28.4. The summed E-state index contributed by atoms with van der Waals surface area (Å²) in [5, 5.41) is 3.39. The molecule has 1 N–H and O–H groups in total. The van der Waals surface area contributed by atoms with Gasteiger partial charge in [0, 0.05) is 27.9 Å². The summed E-state index contributed by atoms with van der Waals surface area (Å²) in [7, 11) is 2.58. The van der Waals surface area contributed by atoms with Crippen LogP contribution in [0.1, 0.15) is 39.5 Å². The summed E-state index contributed by atoms with van der Waals surface area (Å²) in [6, 6.07) is 0. The number of nitrogens with one attached hydrogen (secondary N) is 1. The Morgan fingerprint density at radius 3 is 1.35 bits per heavy atom. The Labute approximate surface area is 108 Å². The smallest absolute Gasteiger partial charge is 0.377 e. The van der Waals surface area contributed by atoms with Crippen molar-refractivity contribution in [3.05, 3.63) is 0 Å². The van der Waals surface area contributed by atoms with E-state index >= 15 is 0 Å². The SMILES string of the molecule is CCCCNCCCC.CO[Si](C)(OC)OC. The molecule has 0 bridgehead atoms. The summed E-state index contributed by atoms with van der Waals surface area (Å²) in [5.41, 5.74) is 0. The Bertz CT molecular complexity index is 129. The van der Waals surface area contributed by atoms with Crippen LogP contribution in [0.4, 0.5) is 0 Å². The van der Waals surface area contributed by atoms with E-state index in [1.165, 1.54) is 38.8 Å². The van der Waals surface area contributed by atoms with E-state index in [0.717, 1.165) is 0 Å². The van der Waals surface area contributed by atoms with Gasteiger partial charge in [-0.3, -0.25) is 0 Å². The minimum Gasteiger partial charge on any atom is -0.377 e. The number of unbranched alkanes of at least 4 members (excludes halogenated alkanes) is 2. The highest BCUT2D eigenvalue weighted by Crippen LogP contribution is 2.02. The van der Waals surface area contributed by atoms with Crippen LogP contribution in [0.25, 0.3) is 0 Å². The van der Waals surface area contributed by atoms with Crippen LogP contribution in [0.3, 0.4) is 0 Å². The van der Waals surface area contributed by atoms with Gasteiger partial charge in [0.05, 0.1) is 0 Å². The lowest BCUT2D eigenvalue weighted by atomic mass is 10.3. The molecule has 0 aromatic rings. The van der Waals surface area contributed by atoms with Gasteiger partial charge in [0.1, 0.15) is 0 Å². The molecular weight excluding hydrogens is 234 g/mol. The molecule has 0 amide bonds. The molecule has 0 heterocycles. The molecule has 0 unspecified atom stereocenters. The van der Waals surface area contributed by atoms with Crippen LogP contribution in [0, 0.1) is 0 Å². The molecule has 0 aromatic carbocycles. The zero-order valence-electron chi connectivity index (χ0n) is 12.5. The van der Waals surface area contributed by atoms with Gasteiger partial charge in [0.25, 0.3) is 0 Å². The molecule has 0 aliphatic heterocycles. The quantitative estimate of drug-likeness (QED) is 0.514. The van der Waals surface area contributed by atoms with E-state index in [0.29, 0.717) is 0 Å². The Hall–Kier alpha value is 0.0569. The molecule has 17 heavy (non-hydrogen) atoms. The fraction of sp³-hybridized carbons (Fsp3) is 1.00. The molecule has 0 saturated heterocycles. The molecule has 0 saturated carbocycles. The normalized spacial score (nSPS) is 10.9. The number of hydrogen-bond donors (Lipinski definition) is 1. The maximum Gasteiger partial charge on any atom is 0.496 e. The first-order valence-corrected chi connectivity index (χ1v) is 8.68. The van der Waals surface area contributed by atoms with Crippen molar-refractivity contribution in [1.82, 2.24) is 5.32 Å². The zero-order chi connectivity index (χ0) is 13.6. The van der Waals surface area contributed by atoms with Crippen LogP contribution in [-0.2, 0) is 13.3 Å². The van der Waals surface area contributed by atoms with Crippen LogP contribution in [-0.4, -0.2) is 43.2 Å². The predicted octanol–water partition coefficient (Wildman–Crippen LogP) is 2.67. The minimum atomic E-state index is -2.17. The van der Waals surface area contributed by atoms with E-state index in [2.05, 4.69) is 19.2 Å². The first kappa shape index (κ1) is 19.4. The van der Waals surface area contributed by atoms with E-state index in [1.807, 2.05) is 6.55 Å². The van der Waals surface area contributed by atoms with Crippen molar-refractivity contribution in [1.29, 1.82) is 0 Å². The monoisotopic (exact) mass is 265 g/mol. The van der Waals surface area contributed by atoms with Crippen molar-refractivity contribution in [2.24, 2.45) is 0 Å². The fourth-order valence-electron chi connectivity index (χ4n) is 0.979. The van der Waals surface area contributed by atoms with Gasteiger partial charge < -0.3 is 18.6 Å². The third kappa shape index (κ3) is 14.0. The van der Waals surface area contributed by atoms with E-state index in [9.17, 15) is 0 Å². The van der Waals surface area contributed by atoms with Crippen molar-refractivity contribution in [2.75, 3.05) is 34.4 Å². The summed E-state index contributed by atoms with van der Waals surface area (Å²) in [4.78, 5) is 0. The van der Waals surface area contributed by atoms with Gasteiger partial charge in [0.2, 0.25) is 0 Å². The number of rotatable bonds is 9. The molecule has 5 heteroatoms. The van der Waals surface area contributed by atoms with Crippen molar-refractivity contribution in [3.63, 3.8) is 0 Å². The zero-order valence-corrected chi connectivity index (χ0v) is 13.5. The molecule has 0 rings (SSSR count). The summed E-state index contributed by atoms with van der Waals surface area (Å²) >= 11 is 0. The molecule has 106 valence electrons. The Morgan fingerprint density at radius 2 is 1.18 bits per heavy atom. The molecule has 0 spiro atoms. The summed E-state index contributed by atoms with van der Waals surface area (Å²) in [6.07, 6.45) is 5.26. The Balaban J connectivity index is 0. The highest BCUT2D eigenvalue weighted by Gasteiger charge is 2.29. The molecule has 0 atom stereocenters. The third-order valence-electron chi connectivity index (χ3n) is 2.53. The van der Waals surface area contributed by atoms with Crippen molar-refractivity contribution < 1.29 is 13.3 Å². The largest absolute Gasteiger partial charge is 0.496 e. The van der Waals surface area contributed by atoms with Crippen LogP contribution in [0.5, 0.6) is 0 Å². The first-order chi connectivity index (χ1) is 8.10. The maximum absolute atomic E-state index is 4.93. The Morgan fingerprint density at radius 1 is 0.824 bits per heavy atom. The Kier molecular flexibility index (Phi) is 16.1. The van der Waals surface area contributed by atoms with Crippen molar-refractivity contribution in [2.45, 2.75) is 46.1 Å². The molecule has 0 aliphatic rings. The van der Waals surface area contributed by atoms with Gasteiger partial charge in [0.15, 0.2) is 0 Å². The highest BCUT2D eigenvalue weighted by molar-refractivity contribution is 6.58. The standard InChI is InChI=1S/C8H19N.C4H12O3Si/c1-3-5-7-9-8-6-4-2;1-5-8(4,6-2)7-3/h9H,3-8H2,1-2H3;1-4H3. The fourth-order valence-corrected chi connectivity index (χ4v) is 1.48. The molecule has 0 aromatic heterocycles. The molecule has 0 fully saturated rings. The molecule has 0 aliphatic carbocycles. The second kappa shape index (κ2) is 14.1. The van der Waals surface area contributed by atoms with E-state index in [-0.39, 0.29) is 0 Å². The van der Waals surface area contributed by atoms with Gasteiger partial charge in [-0.2, -0.15) is 0 Å². The van der Waals surface area contributed by atoms with E-state index in [1.54, 1.807) is 21.3 Å². The van der Waals surface area contributed by atoms with E-state index in [4.69, 9.17) is 13.3 Å². The van der Waals surface area contributed by atoms with Crippen molar-refractivity contribution in [3.8, 4) is 0 Å². The summed E-state index contributed by atoms with van der Waals surface area (Å²) in [5.74, 6) is 0. The van der Waals surface area contributed by atoms with Gasteiger partial charge >= 0.3 is 8.80 Å². The van der Waals surface area contributed by atoms with Gasteiger partial charge in [-0.1, -0.05) is 26.7 Å². The van der Waals surface area contributed by atoms with Crippen molar-refractivity contribution >= 4 is 8.80 Å².